The third-order valence-electron chi connectivity index (χ3n) is 4.54. The van der Waals surface area contributed by atoms with E-state index in [1.807, 2.05) is 0 Å². The molecule has 0 radical (unpaired) electrons. The highest BCUT2D eigenvalue weighted by molar-refractivity contribution is 6.92. The molecule has 3 aromatic rings. The average Bonchev–Trinajstić information content (AvgIpc) is 2.67. The van der Waals surface area contributed by atoms with Crippen molar-refractivity contribution in [2.24, 2.45) is 0 Å². The van der Waals surface area contributed by atoms with Gasteiger partial charge in [-0.1, -0.05) is 97.9 Å². The molecular weight excluding hydrogens is 357 g/mol. The maximum Gasteiger partial charge on any atom is 0.0233 e. The van der Waals surface area contributed by atoms with Crippen LogP contribution in [0.25, 0.3) is 0 Å². The van der Waals surface area contributed by atoms with E-state index in [0.29, 0.717) is 5.92 Å². The molecule has 1 unspecified atom stereocenters. The first-order chi connectivity index (χ1) is 11.9. The average molecular weight is 386 g/mol. The Labute approximate surface area is 167 Å². The van der Waals surface area contributed by atoms with Crippen molar-refractivity contribution in [2.75, 3.05) is 13.1 Å². The van der Waals surface area contributed by atoms with Gasteiger partial charge in [-0.05, 0) is 23.2 Å². The molecular formula is C23H29ClNP. The number of halogens is 1. The number of likely N-dealkylation sites (N-methyl/N-ethyl adjacent to an activating group) is 1. The van der Waals surface area contributed by atoms with Crippen LogP contribution in [0.5, 0.6) is 0 Å². The number of hydrogen-bond acceptors (Lipinski definition) is 1. The van der Waals surface area contributed by atoms with Crippen molar-refractivity contribution in [1.82, 2.24) is 4.90 Å². The summed E-state index contributed by atoms with van der Waals surface area (Å²) >= 11 is 0. The van der Waals surface area contributed by atoms with Gasteiger partial charge in [0.2, 0.25) is 0 Å². The molecule has 3 heteroatoms. The van der Waals surface area contributed by atoms with Crippen molar-refractivity contribution < 1.29 is 0 Å². The van der Waals surface area contributed by atoms with Gasteiger partial charge in [0.15, 0.2) is 0 Å². The van der Waals surface area contributed by atoms with Crippen LogP contribution in [-0.4, -0.2) is 18.0 Å². The van der Waals surface area contributed by atoms with Gasteiger partial charge >= 0.3 is 0 Å². The Morgan fingerprint density at radius 1 is 0.692 bits per heavy atom. The van der Waals surface area contributed by atoms with Crippen LogP contribution in [0.15, 0.2) is 91.0 Å². The SMILES string of the molecule is CCN(Cc1ccccc1)CC(c1ccccc1)c1ccccc1.Cl.P. The Bertz CT molecular complexity index is 679. The van der Waals surface area contributed by atoms with Crippen molar-refractivity contribution in [3.8, 4) is 0 Å². The predicted molar refractivity (Wildman–Crippen MR) is 120 cm³/mol. The lowest BCUT2D eigenvalue weighted by Crippen LogP contribution is -2.28. The third kappa shape index (κ3) is 6.25. The quantitative estimate of drug-likeness (QED) is 0.463. The molecule has 0 saturated carbocycles. The van der Waals surface area contributed by atoms with E-state index in [1.165, 1.54) is 16.7 Å². The van der Waals surface area contributed by atoms with Crippen LogP contribution in [-0.2, 0) is 6.54 Å². The van der Waals surface area contributed by atoms with Crippen LogP contribution in [0, 0.1) is 0 Å². The number of hydrogen-bond donors (Lipinski definition) is 0. The van der Waals surface area contributed by atoms with Gasteiger partial charge in [0.1, 0.15) is 0 Å². The summed E-state index contributed by atoms with van der Waals surface area (Å²) in [6.07, 6.45) is 0. The smallest absolute Gasteiger partial charge is 0.0233 e. The lowest BCUT2D eigenvalue weighted by atomic mass is 9.90. The molecule has 0 aliphatic rings. The third-order valence-corrected chi connectivity index (χ3v) is 4.54. The zero-order valence-corrected chi connectivity index (χ0v) is 17.7. The molecule has 0 amide bonds. The molecule has 26 heavy (non-hydrogen) atoms. The largest absolute Gasteiger partial charge is 0.298 e. The molecule has 3 rings (SSSR count). The van der Waals surface area contributed by atoms with Crippen LogP contribution >= 0.6 is 22.3 Å². The summed E-state index contributed by atoms with van der Waals surface area (Å²) in [5.41, 5.74) is 4.14. The molecule has 0 aliphatic heterocycles. The maximum absolute atomic E-state index is 2.53. The van der Waals surface area contributed by atoms with Gasteiger partial charge in [0, 0.05) is 19.0 Å². The number of nitrogens with zero attached hydrogens (tertiary/aromatic N) is 1. The molecule has 3 aromatic carbocycles. The Kier molecular flexibility index (Phi) is 10.2. The molecule has 0 bridgehead atoms. The zero-order valence-electron chi connectivity index (χ0n) is 15.4. The second-order valence-electron chi connectivity index (χ2n) is 6.19. The molecule has 0 N–H and O–H groups in total. The summed E-state index contributed by atoms with van der Waals surface area (Å²) in [6.45, 7) is 5.31. The summed E-state index contributed by atoms with van der Waals surface area (Å²) in [5, 5.41) is 0. The molecule has 1 atom stereocenters. The summed E-state index contributed by atoms with van der Waals surface area (Å²) in [5.74, 6) is 0.399. The predicted octanol–water partition coefficient (Wildman–Crippen LogP) is 5.82. The van der Waals surface area contributed by atoms with E-state index >= 15 is 0 Å². The van der Waals surface area contributed by atoms with E-state index in [0.717, 1.165) is 19.6 Å². The molecule has 0 saturated heterocycles. The topological polar surface area (TPSA) is 3.24 Å². The molecule has 0 aromatic heterocycles. The molecule has 1 nitrogen and oxygen atoms in total. The van der Waals surface area contributed by atoms with Crippen molar-refractivity contribution in [1.29, 1.82) is 0 Å². The fourth-order valence-corrected chi connectivity index (χ4v) is 3.18. The standard InChI is InChI=1S/C23H25N.ClH.H3P/c1-2-24(18-20-12-6-3-7-13-20)19-23(21-14-8-4-9-15-21)22-16-10-5-11-17-22;;/h3-17,23H,2,18-19H2,1H3;1H;1H3. The van der Waals surface area contributed by atoms with E-state index in [1.54, 1.807) is 0 Å². The van der Waals surface area contributed by atoms with Crippen LogP contribution < -0.4 is 0 Å². The van der Waals surface area contributed by atoms with Gasteiger partial charge < -0.3 is 0 Å². The normalized spacial score (nSPS) is 10.3. The molecule has 0 heterocycles. The fraction of sp³-hybridized carbons (Fsp3) is 0.217. The van der Waals surface area contributed by atoms with Gasteiger partial charge in [0.05, 0.1) is 0 Å². The van der Waals surface area contributed by atoms with Gasteiger partial charge in [-0.3, -0.25) is 4.90 Å². The van der Waals surface area contributed by atoms with Gasteiger partial charge in [-0.15, -0.1) is 12.4 Å². The van der Waals surface area contributed by atoms with E-state index in [2.05, 4.69) is 103 Å². The minimum absolute atomic E-state index is 0. The minimum atomic E-state index is 0. The Hall–Kier alpha value is -1.66. The molecule has 0 fully saturated rings. The summed E-state index contributed by atoms with van der Waals surface area (Å²) in [7, 11) is 0. The monoisotopic (exact) mass is 385 g/mol. The van der Waals surface area contributed by atoms with Gasteiger partial charge in [-0.2, -0.15) is 9.90 Å². The Balaban J connectivity index is 0.00000169. The summed E-state index contributed by atoms with van der Waals surface area (Å²) in [4.78, 5) is 2.53. The molecule has 0 spiro atoms. The van der Waals surface area contributed by atoms with Crippen LogP contribution in [0.1, 0.15) is 29.5 Å². The lowest BCUT2D eigenvalue weighted by molar-refractivity contribution is 0.271. The summed E-state index contributed by atoms with van der Waals surface area (Å²) in [6, 6.07) is 32.4. The van der Waals surface area contributed by atoms with Crippen molar-refractivity contribution >= 4 is 22.3 Å². The van der Waals surface area contributed by atoms with Gasteiger partial charge in [-0.25, -0.2) is 0 Å². The summed E-state index contributed by atoms with van der Waals surface area (Å²) < 4.78 is 0. The zero-order chi connectivity index (χ0) is 16.6. The fourth-order valence-electron chi connectivity index (χ4n) is 3.18. The molecule has 0 aliphatic carbocycles. The van der Waals surface area contributed by atoms with Crippen molar-refractivity contribution in [2.45, 2.75) is 19.4 Å². The van der Waals surface area contributed by atoms with E-state index in [9.17, 15) is 0 Å². The maximum atomic E-state index is 2.53. The van der Waals surface area contributed by atoms with Gasteiger partial charge in [0.25, 0.3) is 0 Å². The highest BCUT2D eigenvalue weighted by Crippen LogP contribution is 2.26. The minimum Gasteiger partial charge on any atom is -0.298 e. The van der Waals surface area contributed by atoms with Crippen LogP contribution in [0.2, 0.25) is 0 Å². The van der Waals surface area contributed by atoms with E-state index in [4.69, 9.17) is 0 Å². The Morgan fingerprint density at radius 2 is 1.12 bits per heavy atom. The lowest BCUT2D eigenvalue weighted by Gasteiger charge is -2.27. The number of benzene rings is 3. The second kappa shape index (κ2) is 11.9. The van der Waals surface area contributed by atoms with Crippen molar-refractivity contribution in [3.63, 3.8) is 0 Å². The van der Waals surface area contributed by atoms with E-state index in [-0.39, 0.29) is 22.3 Å². The van der Waals surface area contributed by atoms with Crippen molar-refractivity contribution in [3.05, 3.63) is 108 Å². The first-order valence-corrected chi connectivity index (χ1v) is 8.73. The first kappa shape index (κ1) is 22.4. The second-order valence-corrected chi connectivity index (χ2v) is 6.19. The first-order valence-electron chi connectivity index (χ1n) is 8.73. The van der Waals surface area contributed by atoms with Crippen LogP contribution in [0.4, 0.5) is 0 Å². The van der Waals surface area contributed by atoms with E-state index < -0.39 is 0 Å². The Morgan fingerprint density at radius 3 is 1.54 bits per heavy atom. The molecule has 138 valence electrons. The van der Waals surface area contributed by atoms with Crippen LogP contribution in [0.3, 0.4) is 0 Å². The highest BCUT2D eigenvalue weighted by atomic mass is 35.5. The number of rotatable bonds is 7. The highest BCUT2D eigenvalue weighted by Gasteiger charge is 2.17.